The molecular formula is C16H34N2S. The van der Waals surface area contributed by atoms with Crippen LogP contribution >= 0.6 is 12.6 Å². The molecule has 0 aromatic rings. The zero-order valence-electron chi connectivity index (χ0n) is 13.5. The van der Waals surface area contributed by atoms with E-state index in [4.69, 9.17) is 0 Å². The van der Waals surface area contributed by atoms with Gasteiger partial charge in [0, 0.05) is 19.6 Å². The van der Waals surface area contributed by atoms with Crippen molar-refractivity contribution in [3.8, 4) is 0 Å². The fraction of sp³-hybridized carbons (Fsp3) is 1.00. The Morgan fingerprint density at radius 2 is 1.89 bits per heavy atom. The summed E-state index contributed by atoms with van der Waals surface area (Å²) in [5, 5.41) is 0. The lowest BCUT2D eigenvalue weighted by Crippen LogP contribution is -2.39. The molecule has 0 saturated carbocycles. The van der Waals surface area contributed by atoms with E-state index in [0.717, 1.165) is 11.7 Å². The van der Waals surface area contributed by atoms with E-state index in [-0.39, 0.29) is 0 Å². The Balaban J connectivity index is 2.47. The minimum absolute atomic E-state index is 0.436. The molecule has 1 unspecified atom stereocenters. The molecule has 0 aromatic carbocycles. The van der Waals surface area contributed by atoms with E-state index in [2.05, 4.69) is 50.4 Å². The van der Waals surface area contributed by atoms with Gasteiger partial charge in [-0.05, 0) is 57.0 Å². The maximum absolute atomic E-state index is 4.67. The Kier molecular flexibility index (Phi) is 7.78. The molecule has 1 heterocycles. The third kappa shape index (κ3) is 5.65. The lowest BCUT2D eigenvalue weighted by molar-refractivity contribution is 0.154. The van der Waals surface area contributed by atoms with Crippen LogP contribution in [0.15, 0.2) is 0 Å². The molecule has 1 aliphatic rings. The van der Waals surface area contributed by atoms with Crippen LogP contribution < -0.4 is 0 Å². The van der Waals surface area contributed by atoms with Gasteiger partial charge in [-0.25, -0.2) is 0 Å². The van der Waals surface area contributed by atoms with Gasteiger partial charge in [0.1, 0.15) is 0 Å². The zero-order chi connectivity index (χ0) is 14.3. The Labute approximate surface area is 126 Å². The number of rotatable bonds is 9. The van der Waals surface area contributed by atoms with E-state index in [9.17, 15) is 0 Å². The van der Waals surface area contributed by atoms with Crippen molar-refractivity contribution in [1.82, 2.24) is 9.80 Å². The first-order chi connectivity index (χ1) is 9.05. The van der Waals surface area contributed by atoms with Crippen LogP contribution in [0.2, 0.25) is 0 Å². The van der Waals surface area contributed by atoms with Crippen LogP contribution in [-0.2, 0) is 0 Å². The fourth-order valence-corrected chi connectivity index (χ4v) is 4.22. The fourth-order valence-electron chi connectivity index (χ4n) is 3.81. The van der Waals surface area contributed by atoms with Crippen molar-refractivity contribution in [2.45, 2.75) is 46.0 Å². The summed E-state index contributed by atoms with van der Waals surface area (Å²) < 4.78 is 0. The smallest absolute Gasteiger partial charge is 0.00429 e. The third-order valence-corrected chi connectivity index (χ3v) is 5.23. The summed E-state index contributed by atoms with van der Waals surface area (Å²) in [5.41, 5.74) is 0.436. The average Bonchev–Trinajstić information content (AvgIpc) is 2.75. The largest absolute Gasteiger partial charge is 0.306 e. The van der Waals surface area contributed by atoms with Crippen LogP contribution in [0.1, 0.15) is 46.0 Å². The van der Waals surface area contributed by atoms with Gasteiger partial charge in [0.25, 0.3) is 0 Å². The third-order valence-electron chi connectivity index (χ3n) is 4.56. The van der Waals surface area contributed by atoms with Gasteiger partial charge in [0.15, 0.2) is 0 Å². The second-order valence-corrected chi connectivity index (χ2v) is 7.09. The van der Waals surface area contributed by atoms with Gasteiger partial charge in [0.2, 0.25) is 0 Å². The highest BCUT2D eigenvalue weighted by Crippen LogP contribution is 2.32. The first-order valence-electron chi connectivity index (χ1n) is 8.03. The molecule has 114 valence electrons. The molecule has 0 N–H and O–H groups in total. The molecule has 1 atom stereocenters. The summed E-state index contributed by atoms with van der Waals surface area (Å²) in [5.74, 6) is 1.90. The molecule has 0 amide bonds. The van der Waals surface area contributed by atoms with Gasteiger partial charge < -0.3 is 9.80 Å². The van der Waals surface area contributed by atoms with Gasteiger partial charge in [-0.3, -0.25) is 0 Å². The monoisotopic (exact) mass is 286 g/mol. The number of hydrogen-bond donors (Lipinski definition) is 1. The minimum atomic E-state index is 0.436. The van der Waals surface area contributed by atoms with Crippen LogP contribution in [0.5, 0.6) is 0 Å². The van der Waals surface area contributed by atoms with Gasteiger partial charge >= 0.3 is 0 Å². The average molecular weight is 287 g/mol. The molecule has 0 spiro atoms. The molecule has 0 radical (unpaired) electrons. The summed E-state index contributed by atoms with van der Waals surface area (Å²) >= 11 is 4.67. The van der Waals surface area contributed by atoms with Crippen LogP contribution in [0, 0.1) is 11.3 Å². The molecule has 19 heavy (non-hydrogen) atoms. The van der Waals surface area contributed by atoms with Crippen molar-refractivity contribution in [1.29, 1.82) is 0 Å². The van der Waals surface area contributed by atoms with Crippen LogP contribution in [-0.4, -0.2) is 55.8 Å². The van der Waals surface area contributed by atoms with Gasteiger partial charge in [-0.1, -0.05) is 26.7 Å². The maximum Gasteiger partial charge on any atom is 0.00429 e. The van der Waals surface area contributed by atoms with Gasteiger partial charge in [-0.15, -0.1) is 0 Å². The second-order valence-electron chi connectivity index (χ2n) is 6.77. The van der Waals surface area contributed by atoms with E-state index in [1.807, 2.05) is 0 Å². The lowest BCUT2D eigenvalue weighted by Gasteiger charge is -2.37. The number of hydrogen-bond acceptors (Lipinski definition) is 3. The van der Waals surface area contributed by atoms with Crippen LogP contribution in [0.4, 0.5) is 0 Å². The number of thiol groups is 1. The van der Waals surface area contributed by atoms with E-state index in [0.29, 0.717) is 5.41 Å². The Morgan fingerprint density at radius 1 is 1.26 bits per heavy atom. The van der Waals surface area contributed by atoms with Crippen LogP contribution in [0.25, 0.3) is 0 Å². The molecule has 0 aliphatic carbocycles. The SMILES string of the molecule is CCCC(CS)(CCC)CN(C)CC1CCN(C)C1. The Hall–Kier alpha value is 0.270. The van der Waals surface area contributed by atoms with Gasteiger partial charge in [0.05, 0.1) is 0 Å². The molecule has 1 fully saturated rings. The maximum atomic E-state index is 4.67. The molecule has 1 saturated heterocycles. The normalized spacial score (nSPS) is 21.5. The Bertz CT molecular complexity index is 239. The van der Waals surface area contributed by atoms with Crippen molar-refractivity contribution in [2.24, 2.45) is 11.3 Å². The van der Waals surface area contributed by atoms with Crippen molar-refractivity contribution < 1.29 is 0 Å². The molecule has 0 aromatic heterocycles. The van der Waals surface area contributed by atoms with E-state index < -0.39 is 0 Å². The summed E-state index contributed by atoms with van der Waals surface area (Å²) in [6.45, 7) is 9.64. The predicted molar refractivity (Wildman–Crippen MR) is 89.2 cm³/mol. The molecular weight excluding hydrogens is 252 g/mol. The minimum Gasteiger partial charge on any atom is -0.306 e. The summed E-state index contributed by atoms with van der Waals surface area (Å²) in [6, 6.07) is 0. The highest BCUT2D eigenvalue weighted by molar-refractivity contribution is 7.80. The van der Waals surface area contributed by atoms with E-state index >= 15 is 0 Å². The van der Waals surface area contributed by atoms with Crippen molar-refractivity contribution in [3.63, 3.8) is 0 Å². The number of likely N-dealkylation sites (tertiary alicyclic amines) is 1. The van der Waals surface area contributed by atoms with Crippen molar-refractivity contribution in [2.75, 3.05) is 46.0 Å². The van der Waals surface area contributed by atoms with E-state index in [1.54, 1.807) is 0 Å². The Morgan fingerprint density at radius 3 is 2.32 bits per heavy atom. The number of nitrogens with zero attached hydrogens (tertiary/aromatic N) is 2. The molecule has 1 aliphatic heterocycles. The standard InChI is InChI=1S/C16H34N2S/c1-5-8-16(14-19,9-6-2)13-18(4)12-15-7-10-17(3)11-15/h15,19H,5-14H2,1-4H3. The second kappa shape index (κ2) is 8.53. The zero-order valence-corrected chi connectivity index (χ0v) is 14.4. The van der Waals surface area contributed by atoms with Crippen molar-refractivity contribution in [3.05, 3.63) is 0 Å². The molecule has 1 rings (SSSR count). The summed E-state index contributed by atoms with van der Waals surface area (Å²) in [6.07, 6.45) is 6.57. The van der Waals surface area contributed by atoms with Crippen molar-refractivity contribution >= 4 is 12.6 Å². The molecule has 0 bridgehead atoms. The van der Waals surface area contributed by atoms with Crippen LogP contribution in [0.3, 0.4) is 0 Å². The summed E-state index contributed by atoms with van der Waals surface area (Å²) in [4.78, 5) is 5.04. The first kappa shape index (κ1) is 17.3. The quantitative estimate of drug-likeness (QED) is 0.649. The first-order valence-corrected chi connectivity index (χ1v) is 8.66. The highest BCUT2D eigenvalue weighted by Gasteiger charge is 2.29. The van der Waals surface area contributed by atoms with Gasteiger partial charge in [-0.2, -0.15) is 12.6 Å². The molecule has 2 nitrogen and oxygen atoms in total. The summed E-state index contributed by atoms with van der Waals surface area (Å²) in [7, 11) is 4.55. The lowest BCUT2D eigenvalue weighted by atomic mass is 9.80. The van der Waals surface area contributed by atoms with E-state index in [1.165, 1.54) is 58.3 Å². The predicted octanol–water partition coefficient (Wildman–Crippen LogP) is 3.39. The topological polar surface area (TPSA) is 6.48 Å². The highest BCUT2D eigenvalue weighted by atomic mass is 32.1. The molecule has 3 heteroatoms.